The number of hydrogen-bond donors (Lipinski definition) is 4. The van der Waals surface area contributed by atoms with E-state index in [1.54, 1.807) is 0 Å². The van der Waals surface area contributed by atoms with Crippen LogP contribution in [0, 0.1) is 34.5 Å². The number of fused-ring (bicyclic) bond motifs is 2. The topological polar surface area (TPSA) is 127 Å². The number of rotatable bonds is 6. The van der Waals surface area contributed by atoms with Crippen molar-refractivity contribution < 1.29 is 19.8 Å². The van der Waals surface area contributed by atoms with Gasteiger partial charge in [0.25, 0.3) is 0 Å². The highest BCUT2D eigenvalue weighted by Gasteiger charge is 2.53. The van der Waals surface area contributed by atoms with Crippen molar-refractivity contribution in [2.24, 2.45) is 46.0 Å². The molecule has 0 aromatic carbocycles. The van der Waals surface area contributed by atoms with Crippen molar-refractivity contribution in [3.8, 4) is 0 Å². The van der Waals surface area contributed by atoms with E-state index in [1.807, 2.05) is 0 Å². The van der Waals surface area contributed by atoms with E-state index < -0.39 is 11.9 Å². The molecule has 0 aromatic heterocycles. The van der Waals surface area contributed by atoms with Gasteiger partial charge in [0.15, 0.2) is 0 Å². The van der Waals surface area contributed by atoms with Crippen LogP contribution in [-0.4, -0.2) is 35.2 Å². The molecule has 4 aliphatic rings. The highest BCUT2D eigenvalue weighted by Crippen LogP contribution is 2.60. The maximum Gasteiger partial charge on any atom is 0.303 e. The maximum atomic E-state index is 10.9. The summed E-state index contributed by atoms with van der Waals surface area (Å²) in [4.78, 5) is 21.5. The van der Waals surface area contributed by atoms with Crippen LogP contribution in [0.1, 0.15) is 77.0 Å². The van der Waals surface area contributed by atoms with Gasteiger partial charge in [-0.25, -0.2) is 0 Å². The summed E-state index contributed by atoms with van der Waals surface area (Å²) in [6.45, 7) is 1.10. The van der Waals surface area contributed by atoms with Crippen molar-refractivity contribution >= 4 is 11.9 Å². The van der Waals surface area contributed by atoms with Crippen molar-refractivity contribution in [3.05, 3.63) is 0 Å². The first-order valence-corrected chi connectivity index (χ1v) is 11.1. The van der Waals surface area contributed by atoms with E-state index in [4.69, 9.17) is 21.7 Å². The van der Waals surface area contributed by atoms with Gasteiger partial charge in [0.05, 0.1) is 12.8 Å². The molecule has 0 heterocycles. The fourth-order valence-electron chi connectivity index (χ4n) is 6.61. The van der Waals surface area contributed by atoms with Gasteiger partial charge in [-0.15, -0.1) is 0 Å². The standard InChI is InChI=1S/C13H23NO2.C9H15NO2/c14-9-13(8-12(15)16)6-10-4-2-1-3-5-11(10)7-13;10-5-9(4-8(11)12)2-6-1-7(6)3-9/h10-11H,1-9,14H2,(H,15,16);6-7H,1-5,10H2,(H,11,12)/t;6-,7-/m.0/s1. The molecule has 6 heteroatoms. The van der Waals surface area contributed by atoms with Crippen LogP contribution in [0.4, 0.5) is 0 Å². The lowest BCUT2D eigenvalue weighted by Crippen LogP contribution is -2.31. The van der Waals surface area contributed by atoms with Crippen LogP contribution in [0.15, 0.2) is 0 Å². The fourth-order valence-corrected chi connectivity index (χ4v) is 6.61. The number of nitrogens with two attached hydrogens (primary N) is 2. The Hall–Kier alpha value is -1.14. The van der Waals surface area contributed by atoms with E-state index >= 15 is 0 Å². The molecular weight excluding hydrogens is 356 g/mol. The second-order valence-electron chi connectivity index (χ2n) is 10.3. The first kappa shape index (κ1) is 21.6. The van der Waals surface area contributed by atoms with Gasteiger partial charge in [-0.05, 0) is 79.7 Å². The molecule has 0 aromatic rings. The molecule has 0 spiro atoms. The average molecular weight is 395 g/mol. The lowest BCUT2D eigenvalue weighted by molar-refractivity contribution is -0.140. The van der Waals surface area contributed by atoms with Crippen molar-refractivity contribution in [3.63, 3.8) is 0 Å². The van der Waals surface area contributed by atoms with Crippen molar-refractivity contribution in [2.45, 2.75) is 77.0 Å². The minimum absolute atomic E-state index is 0.0422. The summed E-state index contributed by atoms with van der Waals surface area (Å²) >= 11 is 0. The molecule has 0 saturated heterocycles. The van der Waals surface area contributed by atoms with E-state index in [0.29, 0.717) is 13.1 Å². The second kappa shape index (κ2) is 8.70. The zero-order valence-corrected chi connectivity index (χ0v) is 17.1. The molecule has 0 aliphatic heterocycles. The van der Waals surface area contributed by atoms with Gasteiger partial charge in [0, 0.05) is 0 Å². The first-order valence-electron chi connectivity index (χ1n) is 11.1. The third-order valence-electron chi connectivity index (χ3n) is 8.08. The smallest absolute Gasteiger partial charge is 0.303 e. The highest BCUT2D eigenvalue weighted by molar-refractivity contribution is 5.68. The summed E-state index contributed by atoms with van der Waals surface area (Å²) in [6.07, 6.45) is 12.7. The number of carbonyl (C=O) groups is 2. The summed E-state index contributed by atoms with van der Waals surface area (Å²) in [5.74, 6) is 1.76. The minimum atomic E-state index is -0.693. The molecule has 6 N–H and O–H groups in total. The summed E-state index contributed by atoms with van der Waals surface area (Å²) in [5, 5.41) is 17.7. The predicted molar refractivity (Wildman–Crippen MR) is 108 cm³/mol. The van der Waals surface area contributed by atoms with Crippen molar-refractivity contribution in [1.29, 1.82) is 0 Å². The number of carboxylic acid groups (broad SMARTS) is 2. The molecular formula is C22H38N2O4. The zero-order valence-electron chi connectivity index (χ0n) is 17.1. The van der Waals surface area contributed by atoms with E-state index in [-0.39, 0.29) is 23.7 Å². The van der Waals surface area contributed by atoms with Crippen LogP contribution >= 0.6 is 0 Å². The normalized spacial score (nSPS) is 37.8. The largest absolute Gasteiger partial charge is 0.481 e. The number of carboxylic acids is 2. The van der Waals surface area contributed by atoms with E-state index in [9.17, 15) is 9.59 Å². The van der Waals surface area contributed by atoms with Gasteiger partial charge in [-0.3, -0.25) is 9.59 Å². The molecule has 4 rings (SSSR count). The molecule has 28 heavy (non-hydrogen) atoms. The fraction of sp³-hybridized carbons (Fsp3) is 0.909. The van der Waals surface area contributed by atoms with Gasteiger partial charge in [0.2, 0.25) is 0 Å². The van der Waals surface area contributed by atoms with Crippen LogP contribution < -0.4 is 11.5 Å². The molecule has 4 saturated carbocycles. The van der Waals surface area contributed by atoms with Gasteiger partial charge in [-0.2, -0.15) is 0 Å². The van der Waals surface area contributed by atoms with Crippen LogP contribution in [0.2, 0.25) is 0 Å². The lowest BCUT2D eigenvalue weighted by atomic mass is 9.80. The molecule has 0 amide bonds. The molecule has 160 valence electrons. The van der Waals surface area contributed by atoms with E-state index in [2.05, 4.69) is 0 Å². The average Bonchev–Trinajstić information content (AvgIpc) is 3.19. The van der Waals surface area contributed by atoms with Crippen molar-refractivity contribution in [2.75, 3.05) is 13.1 Å². The van der Waals surface area contributed by atoms with E-state index in [0.717, 1.165) is 49.4 Å². The first-order chi connectivity index (χ1) is 13.3. The second-order valence-corrected chi connectivity index (χ2v) is 10.3. The van der Waals surface area contributed by atoms with Gasteiger partial charge in [0.1, 0.15) is 0 Å². The highest BCUT2D eigenvalue weighted by atomic mass is 16.4. The summed E-state index contributed by atoms with van der Waals surface area (Å²) in [7, 11) is 0. The Bertz CT molecular complexity index is 555. The minimum Gasteiger partial charge on any atom is -0.481 e. The summed E-state index contributed by atoms with van der Waals surface area (Å²) in [6, 6.07) is 0. The Morgan fingerprint density at radius 3 is 1.46 bits per heavy atom. The monoisotopic (exact) mass is 394 g/mol. The molecule has 0 bridgehead atoms. The number of aliphatic carboxylic acids is 2. The van der Waals surface area contributed by atoms with E-state index in [1.165, 1.54) is 38.5 Å². The zero-order chi connectivity index (χ0) is 20.4. The van der Waals surface area contributed by atoms with Crippen LogP contribution in [-0.2, 0) is 9.59 Å². The maximum absolute atomic E-state index is 10.9. The summed E-state index contributed by atoms with van der Waals surface area (Å²) in [5.41, 5.74) is 11.4. The third-order valence-corrected chi connectivity index (χ3v) is 8.08. The summed E-state index contributed by atoms with van der Waals surface area (Å²) < 4.78 is 0. The molecule has 2 unspecified atom stereocenters. The van der Waals surface area contributed by atoms with Gasteiger partial charge >= 0.3 is 11.9 Å². The predicted octanol–water partition coefficient (Wildman–Crippen LogP) is 3.23. The molecule has 4 aliphatic carbocycles. The van der Waals surface area contributed by atoms with Crippen LogP contribution in [0.3, 0.4) is 0 Å². The van der Waals surface area contributed by atoms with Gasteiger partial charge < -0.3 is 21.7 Å². The van der Waals surface area contributed by atoms with Gasteiger partial charge in [-0.1, -0.05) is 32.1 Å². The van der Waals surface area contributed by atoms with Crippen LogP contribution in [0.25, 0.3) is 0 Å². The molecule has 4 fully saturated rings. The molecule has 4 atom stereocenters. The Morgan fingerprint density at radius 1 is 0.714 bits per heavy atom. The molecule has 6 nitrogen and oxygen atoms in total. The quantitative estimate of drug-likeness (QED) is 0.548. The lowest BCUT2D eigenvalue weighted by Gasteiger charge is -2.26. The Kier molecular flexibility index (Phi) is 6.70. The Morgan fingerprint density at radius 2 is 1.11 bits per heavy atom. The van der Waals surface area contributed by atoms with Crippen molar-refractivity contribution in [1.82, 2.24) is 0 Å². The molecule has 0 radical (unpaired) electrons. The van der Waals surface area contributed by atoms with Crippen LogP contribution in [0.5, 0.6) is 0 Å². The Balaban J connectivity index is 0.000000167. The number of hydrogen-bond acceptors (Lipinski definition) is 4. The Labute approximate surface area is 168 Å². The third kappa shape index (κ3) is 5.07. The SMILES string of the molecule is NCC1(CC(=O)O)CC2CCCCCC2C1.NCC1(CC(=O)O)C[C@@H]2C[C@H]2C1.